The number of ether oxygens (including phenoxy) is 1. The minimum atomic E-state index is 0.261. The summed E-state index contributed by atoms with van der Waals surface area (Å²) in [6.45, 7) is 7.36. The highest BCUT2D eigenvalue weighted by atomic mass is 16.5. The summed E-state index contributed by atoms with van der Waals surface area (Å²) in [5, 5.41) is 0. The van der Waals surface area contributed by atoms with Crippen LogP contribution in [0.15, 0.2) is 30.3 Å². The highest BCUT2D eigenvalue weighted by Gasteiger charge is 2.44. The Morgan fingerprint density at radius 3 is 2.67 bits per heavy atom. The number of likely N-dealkylation sites (tertiary alicyclic amines) is 2. The van der Waals surface area contributed by atoms with E-state index in [9.17, 15) is 4.79 Å². The Balaban J connectivity index is 1.19. The second-order valence-electron chi connectivity index (χ2n) is 8.94. The van der Waals surface area contributed by atoms with E-state index in [0.29, 0.717) is 5.91 Å². The van der Waals surface area contributed by atoms with E-state index in [1.807, 2.05) is 0 Å². The molecule has 1 amide bonds. The van der Waals surface area contributed by atoms with Gasteiger partial charge in [-0.3, -0.25) is 4.79 Å². The van der Waals surface area contributed by atoms with Crippen molar-refractivity contribution >= 4 is 5.91 Å². The lowest BCUT2D eigenvalue weighted by Crippen LogP contribution is -2.42. The van der Waals surface area contributed by atoms with Gasteiger partial charge in [0.15, 0.2) is 0 Å². The summed E-state index contributed by atoms with van der Waals surface area (Å²) < 4.78 is 5.50. The van der Waals surface area contributed by atoms with Gasteiger partial charge in [-0.25, -0.2) is 0 Å². The second-order valence-corrected chi connectivity index (χ2v) is 8.94. The third kappa shape index (κ3) is 4.91. The van der Waals surface area contributed by atoms with Gasteiger partial charge in [-0.05, 0) is 75.1 Å². The summed E-state index contributed by atoms with van der Waals surface area (Å²) in [6, 6.07) is 10.6. The molecule has 4 nitrogen and oxygen atoms in total. The minimum Gasteiger partial charge on any atom is -0.381 e. The molecule has 3 aliphatic heterocycles. The van der Waals surface area contributed by atoms with Crippen molar-refractivity contribution in [1.82, 2.24) is 9.80 Å². The first-order chi connectivity index (χ1) is 13.2. The van der Waals surface area contributed by atoms with Gasteiger partial charge in [0.25, 0.3) is 0 Å². The molecule has 0 radical (unpaired) electrons. The molecule has 3 heterocycles. The van der Waals surface area contributed by atoms with Gasteiger partial charge in [0.05, 0.1) is 0 Å². The Bertz CT molecular complexity index is 604. The van der Waals surface area contributed by atoms with Gasteiger partial charge in [-0.15, -0.1) is 0 Å². The predicted octanol–water partition coefficient (Wildman–Crippen LogP) is 3.36. The minimum absolute atomic E-state index is 0.261. The number of carbonyl (C=O) groups is 1. The van der Waals surface area contributed by atoms with E-state index in [-0.39, 0.29) is 5.41 Å². The Labute approximate surface area is 163 Å². The summed E-state index contributed by atoms with van der Waals surface area (Å²) >= 11 is 0. The first-order valence-electron chi connectivity index (χ1n) is 10.8. The van der Waals surface area contributed by atoms with E-state index in [4.69, 9.17) is 4.74 Å². The van der Waals surface area contributed by atoms with Crippen LogP contribution in [0.1, 0.15) is 44.1 Å². The number of piperidine rings is 1. The average molecular weight is 371 g/mol. The SMILES string of the molecule is O=C1CC2(CCN(CCC3CCOC3)CC2)CN1CCCc1ccccc1. The summed E-state index contributed by atoms with van der Waals surface area (Å²) in [5.41, 5.74) is 1.64. The van der Waals surface area contributed by atoms with Gasteiger partial charge in [-0.1, -0.05) is 30.3 Å². The van der Waals surface area contributed by atoms with E-state index < -0.39 is 0 Å². The second kappa shape index (κ2) is 8.74. The normalized spacial score (nSPS) is 25.6. The zero-order chi connectivity index (χ0) is 18.5. The van der Waals surface area contributed by atoms with Gasteiger partial charge in [0, 0.05) is 32.7 Å². The van der Waals surface area contributed by atoms with E-state index >= 15 is 0 Å². The van der Waals surface area contributed by atoms with Crippen molar-refractivity contribution in [2.75, 3.05) is 45.9 Å². The van der Waals surface area contributed by atoms with Crippen LogP contribution in [0.5, 0.6) is 0 Å². The van der Waals surface area contributed by atoms with Crippen LogP contribution in [0, 0.1) is 11.3 Å². The van der Waals surface area contributed by atoms with Crippen molar-refractivity contribution in [2.45, 2.75) is 44.9 Å². The van der Waals surface area contributed by atoms with Crippen LogP contribution in [-0.2, 0) is 16.0 Å². The maximum absolute atomic E-state index is 12.6. The zero-order valence-electron chi connectivity index (χ0n) is 16.6. The Hall–Kier alpha value is -1.39. The van der Waals surface area contributed by atoms with Gasteiger partial charge >= 0.3 is 0 Å². The smallest absolute Gasteiger partial charge is 0.223 e. The molecule has 1 aromatic rings. The number of aryl methyl sites for hydroxylation is 1. The molecule has 1 spiro atoms. The predicted molar refractivity (Wildman–Crippen MR) is 108 cm³/mol. The molecule has 4 rings (SSSR count). The molecule has 0 aromatic heterocycles. The molecule has 1 unspecified atom stereocenters. The molecule has 3 fully saturated rings. The van der Waals surface area contributed by atoms with Crippen LogP contribution in [0.3, 0.4) is 0 Å². The fourth-order valence-corrected chi connectivity index (χ4v) is 5.07. The van der Waals surface area contributed by atoms with Crippen molar-refractivity contribution in [2.24, 2.45) is 11.3 Å². The molecule has 0 aliphatic carbocycles. The number of nitrogens with zero attached hydrogens (tertiary/aromatic N) is 2. The summed E-state index contributed by atoms with van der Waals surface area (Å²) in [4.78, 5) is 17.3. The Kier molecular flexibility index (Phi) is 6.14. The van der Waals surface area contributed by atoms with Gasteiger partial charge < -0.3 is 14.5 Å². The number of hydrogen-bond acceptors (Lipinski definition) is 3. The standard InChI is InChI=1S/C23H34N2O2/c26-22-17-23(19-25(22)12-4-7-20-5-2-1-3-6-20)10-14-24(15-11-23)13-8-21-9-16-27-18-21/h1-3,5-6,21H,4,7-19H2. The first-order valence-corrected chi connectivity index (χ1v) is 10.8. The summed E-state index contributed by atoms with van der Waals surface area (Å²) in [5.74, 6) is 1.16. The maximum Gasteiger partial charge on any atom is 0.223 e. The average Bonchev–Trinajstić information content (AvgIpc) is 3.31. The Morgan fingerprint density at radius 2 is 1.93 bits per heavy atom. The van der Waals surface area contributed by atoms with Crippen LogP contribution in [0.25, 0.3) is 0 Å². The van der Waals surface area contributed by atoms with Crippen LogP contribution >= 0.6 is 0 Å². The number of benzene rings is 1. The highest BCUT2D eigenvalue weighted by molar-refractivity contribution is 5.79. The Morgan fingerprint density at radius 1 is 1.11 bits per heavy atom. The van der Waals surface area contributed by atoms with Crippen molar-refractivity contribution in [3.8, 4) is 0 Å². The van der Waals surface area contributed by atoms with Gasteiger partial charge in [-0.2, -0.15) is 0 Å². The van der Waals surface area contributed by atoms with E-state index in [1.165, 1.54) is 50.9 Å². The number of amides is 1. The van der Waals surface area contributed by atoms with Crippen molar-refractivity contribution < 1.29 is 9.53 Å². The number of hydrogen-bond donors (Lipinski definition) is 0. The topological polar surface area (TPSA) is 32.8 Å². The lowest BCUT2D eigenvalue weighted by molar-refractivity contribution is -0.127. The van der Waals surface area contributed by atoms with Crippen molar-refractivity contribution in [3.05, 3.63) is 35.9 Å². The molecule has 0 bridgehead atoms. The van der Waals surface area contributed by atoms with Gasteiger partial charge in [0.2, 0.25) is 5.91 Å². The molecular formula is C23H34N2O2. The van der Waals surface area contributed by atoms with Crippen LogP contribution in [-0.4, -0.2) is 61.6 Å². The van der Waals surface area contributed by atoms with E-state index in [0.717, 1.165) is 51.5 Å². The third-order valence-electron chi connectivity index (χ3n) is 6.94. The fourth-order valence-electron chi connectivity index (χ4n) is 5.07. The molecule has 0 N–H and O–H groups in total. The molecule has 3 saturated heterocycles. The molecule has 1 atom stereocenters. The third-order valence-corrected chi connectivity index (χ3v) is 6.94. The van der Waals surface area contributed by atoms with Crippen molar-refractivity contribution in [1.29, 1.82) is 0 Å². The first kappa shape index (κ1) is 18.9. The molecule has 27 heavy (non-hydrogen) atoms. The monoisotopic (exact) mass is 370 g/mol. The van der Waals surface area contributed by atoms with Gasteiger partial charge in [0.1, 0.15) is 0 Å². The molecule has 4 heteroatoms. The molecule has 0 saturated carbocycles. The largest absolute Gasteiger partial charge is 0.381 e. The fraction of sp³-hybridized carbons (Fsp3) is 0.696. The zero-order valence-corrected chi connectivity index (χ0v) is 16.6. The number of rotatable bonds is 7. The van der Waals surface area contributed by atoms with Crippen molar-refractivity contribution in [3.63, 3.8) is 0 Å². The summed E-state index contributed by atoms with van der Waals surface area (Å²) in [7, 11) is 0. The number of carbonyl (C=O) groups excluding carboxylic acids is 1. The van der Waals surface area contributed by atoms with E-state index in [1.54, 1.807) is 0 Å². The summed E-state index contributed by atoms with van der Waals surface area (Å²) in [6.07, 6.45) is 7.81. The molecular weight excluding hydrogens is 336 g/mol. The highest BCUT2D eigenvalue weighted by Crippen LogP contribution is 2.41. The van der Waals surface area contributed by atoms with Crippen LogP contribution < -0.4 is 0 Å². The quantitative estimate of drug-likeness (QED) is 0.738. The van der Waals surface area contributed by atoms with Crippen LogP contribution in [0.4, 0.5) is 0 Å². The molecule has 148 valence electrons. The molecule has 1 aromatic carbocycles. The molecule has 3 aliphatic rings. The lowest BCUT2D eigenvalue weighted by Gasteiger charge is -2.39. The van der Waals surface area contributed by atoms with Crippen LogP contribution in [0.2, 0.25) is 0 Å². The van der Waals surface area contributed by atoms with E-state index in [2.05, 4.69) is 40.1 Å². The lowest BCUT2D eigenvalue weighted by atomic mass is 9.77. The maximum atomic E-state index is 12.6.